The summed E-state index contributed by atoms with van der Waals surface area (Å²) in [4.78, 5) is 2.72. The van der Waals surface area contributed by atoms with Crippen molar-refractivity contribution in [1.82, 2.24) is 4.90 Å². The Morgan fingerprint density at radius 1 is 1.07 bits per heavy atom. The van der Waals surface area contributed by atoms with E-state index in [0.717, 1.165) is 36.3 Å². The van der Waals surface area contributed by atoms with Crippen LogP contribution in [0, 0.1) is 17.8 Å². The average Bonchev–Trinajstić information content (AvgIpc) is 3.31. The summed E-state index contributed by atoms with van der Waals surface area (Å²) in [6.45, 7) is 7.62. The number of piperidine rings is 1. The number of nitrogens with zero attached hydrogens (tertiary/aromatic N) is 1. The van der Waals surface area contributed by atoms with E-state index in [-0.39, 0.29) is 18.2 Å². The topological polar surface area (TPSA) is 72.1 Å². The predicted molar refractivity (Wildman–Crippen MR) is 177 cm³/mol. The fourth-order valence-electron chi connectivity index (χ4n) is 5.78. The quantitative estimate of drug-likeness (QED) is 0.248. The number of likely N-dealkylation sites (tertiary alicyclic amines) is 1. The summed E-state index contributed by atoms with van der Waals surface area (Å²) in [6, 6.07) is 11.1. The molecule has 2 aromatic carbocycles. The summed E-state index contributed by atoms with van der Waals surface area (Å²) in [6.07, 6.45) is -3.64. The number of benzene rings is 2. The molecule has 4 bridgehead atoms. The van der Waals surface area contributed by atoms with E-state index in [1.165, 1.54) is 11.3 Å². The highest BCUT2D eigenvalue weighted by atomic mass is 32.1. The van der Waals surface area contributed by atoms with Gasteiger partial charge in [0, 0.05) is 36.3 Å². The number of thiophene rings is 1. The van der Waals surface area contributed by atoms with Crippen molar-refractivity contribution in [3.8, 4) is 17.6 Å². The molecule has 7 nitrogen and oxygen atoms in total. The van der Waals surface area contributed by atoms with E-state index in [1.807, 2.05) is 12.1 Å². The van der Waals surface area contributed by atoms with Crippen molar-refractivity contribution in [3.05, 3.63) is 46.8 Å². The van der Waals surface area contributed by atoms with Gasteiger partial charge >= 0.3 is 6.18 Å². The van der Waals surface area contributed by atoms with Gasteiger partial charge in [0.05, 0.1) is 48.1 Å². The van der Waals surface area contributed by atoms with Crippen LogP contribution in [0.2, 0.25) is 0 Å². The minimum absolute atomic E-state index is 0.165. The smallest absolute Gasteiger partial charge is 0.393 e. The fourth-order valence-corrected chi connectivity index (χ4v) is 7.84. The van der Waals surface area contributed by atoms with E-state index >= 15 is 0 Å². The second-order valence-electron chi connectivity index (χ2n) is 12.0. The van der Waals surface area contributed by atoms with Crippen molar-refractivity contribution in [1.29, 1.82) is 0 Å². The van der Waals surface area contributed by atoms with Crippen LogP contribution in [0.15, 0.2) is 36.4 Å². The Morgan fingerprint density at radius 3 is 2.62 bits per heavy atom. The molecule has 45 heavy (non-hydrogen) atoms. The Morgan fingerprint density at radius 2 is 1.84 bits per heavy atom. The Balaban J connectivity index is 1.48. The zero-order valence-electron chi connectivity index (χ0n) is 26.0. The van der Waals surface area contributed by atoms with Crippen LogP contribution in [-0.2, 0) is 20.5 Å². The normalized spacial score (nSPS) is 21.1. The highest BCUT2D eigenvalue weighted by Gasteiger charge is 2.32. The van der Waals surface area contributed by atoms with Crippen LogP contribution in [0.4, 0.5) is 24.5 Å². The van der Waals surface area contributed by atoms with Gasteiger partial charge in [-0.3, -0.25) is 0 Å². The van der Waals surface area contributed by atoms with Gasteiger partial charge in [-0.05, 0) is 74.8 Å². The van der Waals surface area contributed by atoms with Crippen LogP contribution in [0.5, 0.6) is 5.75 Å². The van der Waals surface area contributed by atoms with Crippen molar-refractivity contribution in [2.45, 2.75) is 31.5 Å². The second kappa shape index (κ2) is 14.8. The van der Waals surface area contributed by atoms with Crippen molar-refractivity contribution in [3.63, 3.8) is 0 Å². The number of fused-ring (bicyclic) bond motifs is 4. The largest absolute Gasteiger partial charge is 0.491 e. The molecule has 0 amide bonds. The van der Waals surface area contributed by atoms with Gasteiger partial charge < -0.3 is 34.3 Å². The molecule has 0 aliphatic carbocycles. The Hall–Kier alpha value is -2.74. The van der Waals surface area contributed by atoms with Crippen molar-refractivity contribution < 1.29 is 31.9 Å². The van der Waals surface area contributed by atoms with Crippen molar-refractivity contribution in [2.24, 2.45) is 5.92 Å². The van der Waals surface area contributed by atoms with Gasteiger partial charge in [-0.2, -0.15) is 13.2 Å². The number of hydrogen-bond acceptors (Lipinski definition) is 8. The Kier molecular flexibility index (Phi) is 11.0. The molecule has 3 aromatic rings. The molecule has 5 rings (SSSR count). The van der Waals surface area contributed by atoms with E-state index in [2.05, 4.69) is 34.4 Å². The first-order valence-corrected chi connectivity index (χ1v) is 18.7. The van der Waals surface area contributed by atoms with Gasteiger partial charge in [-0.1, -0.05) is 24.0 Å². The molecule has 1 aromatic heterocycles. The van der Waals surface area contributed by atoms with E-state index < -0.39 is 19.7 Å². The number of anilines is 2. The molecule has 0 saturated carbocycles. The van der Waals surface area contributed by atoms with Gasteiger partial charge in [0.2, 0.25) is 0 Å². The van der Waals surface area contributed by atoms with Crippen LogP contribution in [0.25, 0.3) is 10.1 Å². The maximum absolute atomic E-state index is 13.8. The average molecular weight is 664 g/mol. The summed E-state index contributed by atoms with van der Waals surface area (Å²) in [5.41, 5.74) is 1.71. The molecule has 0 spiro atoms. The van der Waals surface area contributed by atoms with Gasteiger partial charge in [-0.15, -0.1) is 11.3 Å². The molecule has 3 heterocycles. The predicted octanol–water partition coefficient (Wildman–Crippen LogP) is 6.27. The van der Waals surface area contributed by atoms with E-state index in [1.54, 1.807) is 37.6 Å². The monoisotopic (exact) mass is 663 g/mol. The SMILES string of the molecule is CN1CC[C@H]2Nc3cccc4c(CC(F)(F)F)c(sc34)C#CCNc3cc(cc(P(C)(C)=O)c3)OCCOCCOCC[C@H]2C1. The zero-order valence-corrected chi connectivity index (χ0v) is 27.7. The van der Waals surface area contributed by atoms with Gasteiger partial charge in [0.25, 0.3) is 0 Å². The molecule has 2 aliphatic heterocycles. The molecular weight excluding hydrogens is 622 g/mol. The third-order valence-corrected chi connectivity index (χ3v) is 10.8. The lowest BCUT2D eigenvalue weighted by molar-refractivity contribution is -0.126. The summed E-state index contributed by atoms with van der Waals surface area (Å²) in [5.74, 6) is 6.92. The number of rotatable bonds is 2. The highest BCUT2D eigenvalue weighted by Crippen LogP contribution is 2.40. The van der Waals surface area contributed by atoms with E-state index in [9.17, 15) is 17.7 Å². The fraction of sp³-hybridized carbons (Fsp3) is 0.515. The molecule has 1 saturated heterocycles. The number of ether oxygens (including phenoxy) is 3. The maximum atomic E-state index is 13.8. The van der Waals surface area contributed by atoms with Crippen LogP contribution in [-0.4, -0.2) is 90.2 Å². The van der Waals surface area contributed by atoms with Crippen LogP contribution in [0.1, 0.15) is 23.3 Å². The number of nitrogens with one attached hydrogen (secondary N) is 2. The van der Waals surface area contributed by atoms with Gasteiger partial charge in [0.15, 0.2) is 0 Å². The molecule has 244 valence electrons. The minimum atomic E-state index is -4.37. The van der Waals surface area contributed by atoms with Crippen LogP contribution in [0.3, 0.4) is 0 Å². The van der Waals surface area contributed by atoms with Gasteiger partial charge in [-0.25, -0.2) is 0 Å². The third kappa shape index (κ3) is 9.40. The van der Waals surface area contributed by atoms with Crippen molar-refractivity contribution >= 4 is 45.2 Å². The first-order valence-electron chi connectivity index (χ1n) is 15.2. The molecule has 12 heteroatoms. The Bertz CT molecular complexity index is 1580. The van der Waals surface area contributed by atoms with Crippen LogP contribution < -0.4 is 20.7 Å². The van der Waals surface area contributed by atoms with Crippen LogP contribution >= 0.6 is 18.5 Å². The summed E-state index contributed by atoms with van der Waals surface area (Å²) >= 11 is 1.30. The Labute approximate surface area is 267 Å². The first kappa shape index (κ1) is 33.6. The number of hydrogen-bond donors (Lipinski definition) is 2. The van der Waals surface area contributed by atoms with E-state index in [4.69, 9.17) is 14.2 Å². The summed E-state index contributed by atoms with van der Waals surface area (Å²) in [7, 11) is -0.485. The lowest BCUT2D eigenvalue weighted by Gasteiger charge is -2.38. The zero-order chi connectivity index (χ0) is 32.0. The number of alkyl halides is 3. The van der Waals surface area contributed by atoms with E-state index in [0.29, 0.717) is 66.0 Å². The standard InChI is InChI=1S/C33H41F3N3O4PS/c1-39-12-9-29-23(22-39)10-13-41-14-15-42-16-17-43-25-18-24(19-26(20-25)44(2,3)40)37-11-5-8-31-28(21-33(34,35)36)27-6-4-7-30(38-29)32(27)45-31/h4,6-7,18-20,23,29,37-38H,9-17,21-22H2,1-3H3/t23-,29+/m0/s1. The maximum Gasteiger partial charge on any atom is 0.393 e. The third-order valence-electron chi connectivity index (χ3n) is 8.07. The summed E-state index contributed by atoms with van der Waals surface area (Å²) in [5, 5.41) is 8.15. The number of halogens is 3. The van der Waals surface area contributed by atoms with Gasteiger partial charge in [0.1, 0.15) is 19.5 Å². The highest BCUT2D eigenvalue weighted by molar-refractivity contribution is 7.70. The molecule has 2 atom stereocenters. The second-order valence-corrected chi connectivity index (χ2v) is 16.3. The summed E-state index contributed by atoms with van der Waals surface area (Å²) < 4.78 is 72.5. The minimum Gasteiger partial charge on any atom is -0.491 e. The molecule has 1 fully saturated rings. The lowest BCUT2D eigenvalue weighted by Crippen LogP contribution is -2.45. The van der Waals surface area contributed by atoms with Crippen molar-refractivity contribution in [2.75, 3.05) is 83.7 Å². The lowest BCUT2D eigenvalue weighted by atomic mass is 9.89. The molecule has 2 N–H and O–H groups in total. The molecule has 0 unspecified atom stereocenters. The molecular formula is C33H41F3N3O4PS. The first-order chi connectivity index (χ1) is 21.5. The molecule has 2 aliphatic rings. The molecule has 0 radical (unpaired) electrons.